The Morgan fingerprint density at radius 2 is 2.14 bits per heavy atom. The van der Waals surface area contributed by atoms with Crippen LogP contribution >= 0.6 is 39.3 Å². The Bertz CT molecular complexity index is 974. The third-order valence-electron chi connectivity index (χ3n) is 3.75. The van der Waals surface area contributed by atoms with Crippen LogP contribution in [0.4, 0.5) is 5.69 Å². The smallest absolute Gasteiger partial charge is 0.260 e. The van der Waals surface area contributed by atoms with Crippen molar-refractivity contribution in [2.45, 2.75) is 5.50 Å². The van der Waals surface area contributed by atoms with E-state index in [9.17, 15) is 4.79 Å². The molecule has 0 spiro atoms. The molecule has 5 nitrogen and oxygen atoms in total. The third kappa shape index (κ3) is 4.96. The molecule has 144 valence electrons. The summed E-state index contributed by atoms with van der Waals surface area (Å²) >= 11 is 10.9. The van der Waals surface area contributed by atoms with E-state index in [2.05, 4.69) is 32.5 Å². The lowest BCUT2D eigenvalue weighted by atomic mass is 10.2. The number of amides is 1. The summed E-state index contributed by atoms with van der Waals surface area (Å²) in [4.78, 5) is 13.0. The lowest BCUT2D eigenvalue weighted by molar-refractivity contribution is -0.116. The Labute approximate surface area is 180 Å². The van der Waals surface area contributed by atoms with Crippen molar-refractivity contribution < 1.29 is 14.3 Å². The average molecular weight is 480 g/mol. The highest BCUT2D eigenvalue weighted by molar-refractivity contribution is 9.10. The van der Waals surface area contributed by atoms with Crippen LogP contribution in [0, 0.1) is 12.3 Å². The predicted octanol–water partition coefficient (Wildman–Crippen LogP) is 4.72. The van der Waals surface area contributed by atoms with Gasteiger partial charge in [0.2, 0.25) is 0 Å². The van der Waals surface area contributed by atoms with E-state index in [0.717, 1.165) is 10.0 Å². The largest absolute Gasteiger partial charge is 0.495 e. The molecule has 0 bridgehead atoms. The second-order valence-corrected chi connectivity index (χ2v) is 8.14. The number of rotatable bonds is 6. The van der Waals surface area contributed by atoms with Crippen molar-refractivity contribution in [3.05, 3.63) is 56.4 Å². The van der Waals surface area contributed by atoms with Crippen LogP contribution in [-0.4, -0.2) is 25.1 Å². The molecule has 2 N–H and O–H groups in total. The van der Waals surface area contributed by atoms with Gasteiger partial charge in [-0.2, -0.15) is 0 Å². The lowest BCUT2D eigenvalue weighted by Crippen LogP contribution is -2.31. The second kappa shape index (κ2) is 9.28. The molecule has 1 atom stereocenters. The van der Waals surface area contributed by atoms with Gasteiger partial charge in [-0.3, -0.25) is 4.79 Å². The highest BCUT2D eigenvalue weighted by Gasteiger charge is 2.28. The molecule has 1 amide bonds. The van der Waals surface area contributed by atoms with Gasteiger partial charge in [-0.05, 0) is 42.5 Å². The Morgan fingerprint density at radius 3 is 2.89 bits per heavy atom. The zero-order chi connectivity index (χ0) is 20.1. The standard InChI is InChI=1S/C20H16BrClN2O3S/c1-3-8-27-16-6-4-13(21)9-12(16)10-18-19(25)24-20(28-18)23-15-11-14(22)5-7-17(15)26-2/h1,4-7,9-11,20,23H,8H2,2H3,(H,24,25)/b18-10-. The monoisotopic (exact) mass is 478 g/mol. The Hall–Kier alpha value is -2.27. The van der Waals surface area contributed by atoms with Gasteiger partial charge in [0.1, 0.15) is 18.1 Å². The summed E-state index contributed by atoms with van der Waals surface area (Å²) in [6, 6.07) is 10.8. The van der Waals surface area contributed by atoms with E-state index in [1.807, 2.05) is 12.1 Å². The quantitative estimate of drug-likeness (QED) is 0.464. The molecule has 2 aromatic carbocycles. The van der Waals surface area contributed by atoms with Crippen LogP contribution in [0.2, 0.25) is 5.02 Å². The van der Waals surface area contributed by atoms with E-state index >= 15 is 0 Å². The van der Waals surface area contributed by atoms with Gasteiger partial charge in [-0.15, -0.1) is 6.42 Å². The van der Waals surface area contributed by atoms with Gasteiger partial charge in [0.05, 0.1) is 17.7 Å². The molecule has 1 aliphatic heterocycles. The maximum absolute atomic E-state index is 12.4. The third-order valence-corrected chi connectivity index (χ3v) is 5.51. The van der Waals surface area contributed by atoms with E-state index in [-0.39, 0.29) is 18.0 Å². The van der Waals surface area contributed by atoms with Crippen LogP contribution in [0.5, 0.6) is 11.5 Å². The molecular weight excluding hydrogens is 464 g/mol. The number of anilines is 1. The molecular formula is C20H16BrClN2O3S. The molecule has 2 aromatic rings. The van der Waals surface area contributed by atoms with E-state index < -0.39 is 0 Å². The summed E-state index contributed by atoms with van der Waals surface area (Å²) in [5.74, 6) is 3.49. The summed E-state index contributed by atoms with van der Waals surface area (Å²) in [6.45, 7) is 0.149. The van der Waals surface area contributed by atoms with Crippen molar-refractivity contribution in [2.24, 2.45) is 0 Å². The molecule has 8 heteroatoms. The Kier molecular flexibility index (Phi) is 6.79. The Morgan fingerprint density at radius 1 is 1.36 bits per heavy atom. The summed E-state index contributed by atoms with van der Waals surface area (Å²) in [7, 11) is 1.57. The molecule has 0 saturated carbocycles. The summed E-state index contributed by atoms with van der Waals surface area (Å²) < 4.78 is 11.8. The first-order valence-corrected chi connectivity index (χ1v) is 10.2. The second-order valence-electron chi connectivity index (χ2n) is 5.64. The number of carbonyl (C=O) groups excluding carboxylic acids is 1. The summed E-state index contributed by atoms with van der Waals surface area (Å²) in [5.41, 5.74) is 1.08. The minimum atomic E-state index is -0.367. The number of hydrogen-bond acceptors (Lipinski definition) is 5. The zero-order valence-electron chi connectivity index (χ0n) is 14.8. The number of carbonyl (C=O) groups is 1. The van der Waals surface area contributed by atoms with Gasteiger partial charge < -0.3 is 20.1 Å². The molecule has 1 unspecified atom stereocenters. The summed E-state index contributed by atoms with van der Waals surface area (Å²) in [6.07, 6.45) is 7.04. The maximum Gasteiger partial charge on any atom is 0.260 e. The fourth-order valence-corrected chi connectivity index (χ4v) is 4.04. The zero-order valence-corrected chi connectivity index (χ0v) is 18.0. The molecule has 0 aromatic heterocycles. The van der Waals surface area contributed by atoms with Crippen LogP contribution in [0.25, 0.3) is 6.08 Å². The topological polar surface area (TPSA) is 59.6 Å². The van der Waals surface area contributed by atoms with Gasteiger partial charge in [0.25, 0.3) is 5.91 Å². The summed E-state index contributed by atoms with van der Waals surface area (Å²) in [5, 5.41) is 6.67. The molecule has 1 heterocycles. The average Bonchev–Trinajstić information content (AvgIpc) is 3.00. The van der Waals surface area contributed by atoms with E-state index in [1.165, 1.54) is 11.8 Å². The fraction of sp³-hybridized carbons (Fsp3) is 0.150. The fourth-order valence-electron chi connectivity index (χ4n) is 2.52. The van der Waals surface area contributed by atoms with Crippen molar-refractivity contribution in [1.82, 2.24) is 5.32 Å². The number of ether oxygens (including phenoxy) is 2. The maximum atomic E-state index is 12.4. The van der Waals surface area contributed by atoms with Crippen LogP contribution < -0.4 is 20.1 Å². The number of thioether (sulfide) groups is 1. The van der Waals surface area contributed by atoms with E-state index in [4.69, 9.17) is 27.5 Å². The SMILES string of the molecule is C#CCOc1ccc(Br)cc1/C=C1\SC(Nc2cc(Cl)ccc2OC)NC1=O. The highest BCUT2D eigenvalue weighted by atomic mass is 79.9. The van der Waals surface area contributed by atoms with Crippen molar-refractivity contribution in [1.29, 1.82) is 0 Å². The van der Waals surface area contributed by atoms with Crippen molar-refractivity contribution in [3.8, 4) is 23.8 Å². The number of hydrogen-bond donors (Lipinski definition) is 2. The molecule has 1 aliphatic rings. The number of halogens is 2. The van der Waals surface area contributed by atoms with Gasteiger partial charge >= 0.3 is 0 Å². The molecule has 1 fully saturated rings. The van der Waals surface area contributed by atoms with Crippen LogP contribution in [0.1, 0.15) is 5.56 Å². The van der Waals surface area contributed by atoms with Gasteiger partial charge in [-0.25, -0.2) is 0 Å². The molecule has 0 radical (unpaired) electrons. The molecule has 0 aliphatic carbocycles. The number of benzene rings is 2. The van der Waals surface area contributed by atoms with Crippen molar-refractivity contribution >= 4 is 57.0 Å². The minimum Gasteiger partial charge on any atom is -0.495 e. The predicted molar refractivity (Wildman–Crippen MR) is 118 cm³/mol. The first-order chi connectivity index (χ1) is 13.5. The van der Waals surface area contributed by atoms with Gasteiger partial charge in [0.15, 0.2) is 5.50 Å². The molecule has 1 saturated heterocycles. The Balaban J connectivity index is 1.81. The first kappa shape index (κ1) is 20.5. The normalized spacial score (nSPS) is 17.1. The van der Waals surface area contributed by atoms with Crippen molar-refractivity contribution in [3.63, 3.8) is 0 Å². The van der Waals surface area contributed by atoms with Crippen LogP contribution in [0.3, 0.4) is 0 Å². The molecule has 3 rings (SSSR count). The molecule has 28 heavy (non-hydrogen) atoms. The number of terminal acetylenes is 1. The highest BCUT2D eigenvalue weighted by Crippen LogP contribution is 2.35. The first-order valence-electron chi connectivity index (χ1n) is 8.15. The van der Waals surface area contributed by atoms with Crippen LogP contribution in [0.15, 0.2) is 45.8 Å². The number of nitrogens with one attached hydrogen (secondary N) is 2. The van der Waals surface area contributed by atoms with E-state index in [0.29, 0.717) is 27.1 Å². The van der Waals surface area contributed by atoms with E-state index in [1.54, 1.807) is 37.5 Å². The van der Waals surface area contributed by atoms with Crippen LogP contribution in [-0.2, 0) is 4.79 Å². The van der Waals surface area contributed by atoms with Gasteiger partial charge in [0, 0.05) is 15.1 Å². The lowest BCUT2D eigenvalue weighted by Gasteiger charge is -2.15. The number of methoxy groups -OCH3 is 1. The van der Waals surface area contributed by atoms with Crippen molar-refractivity contribution in [2.75, 3.05) is 19.0 Å². The minimum absolute atomic E-state index is 0.149. The van der Waals surface area contributed by atoms with Gasteiger partial charge in [-0.1, -0.05) is 45.2 Å².